The molecule has 0 atom stereocenters. The number of alkyl halides is 3. The number of ketones is 1. The number of hydrogen-bond acceptors (Lipinski definition) is 4. The van der Waals surface area contributed by atoms with Crippen molar-refractivity contribution in [3.05, 3.63) is 52.6 Å². The molecule has 1 saturated heterocycles. The second kappa shape index (κ2) is 12.3. The Hall–Kier alpha value is -2.84. The molecule has 9 heteroatoms. The largest absolute Gasteiger partial charge is 0.447 e. The molecule has 1 aliphatic heterocycles. The second-order valence-electron chi connectivity index (χ2n) is 10.6. The number of aryl methyl sites for hydroxylation is 3. The van der Waals surface area contributed by atoms with Crippen LogP contribution in [0.15, 0.2) is 24.3 Å². The molecular weight excluding hydrogens is 495 g/mol. The number of rotatable bonds is 8. The van der Waals surface area contributed by atoms with Crippen molar-refractivity contribution in [1.82, 2.24) is 14.5 Å². The highest BCUT2D eigenvalue weighted by Gasteiger charge is 2.51. The smallest absolute Gasteiger partial charge is 0.410 e. The van der Waals surface area contributed by atoms with Gasteiger partial charge in [-0.3, -0.25) is 4.79 Å². The zero-order valence-corrected chi connectivity index (χ0v) is 23.2. The number of halogens is 3. The summed E-state index contributed by atoms with van der Waals surface area (Å²) >= 11 is 0. The number of aromatic nitrogens is 2. The van der Waals surface area contributed by atoms with Crippen molar-refractivity contribution in [2.45, 2.75) is 104 Å². The Morgan fingerprint density at radius 1 is 1.16 bits per heavy atom. The quantitative estimate of drug-likeness (QED) is 0.395. The first-order valence-electron chi connectivity index (χ1n) is 13.5. The lowest BCUT2D eigenvalue weighted by molar-refractivity contribution is -0.136. The van der Waals surface area contributed by atoms with Gasteiger partial charge in [0.25, 0.3) is 0 Å². The monoisotopic (exact) mass is 535 g/mol. The average Bonchev–Trinajstić information content (AvgIpc) is 3.36. The van der Waals surface area contributed by atoms with Gasteiger partial charge >= 0.3 is 12.3 Å². The summed E-state index contributed by atoms with van der Waals surface area (Å²) in [4.78, 5) is 30.1. The average molecular weight is 536 g/mol. The molecule has 1 aromatic heterocycles. The molecule has 0 saturated carbocycles. The summed E-state index contributed by atoms with van der Waals surface area (Å²) in [6.07, 6.45) is -0.198. The van der Waals surface area contributed by atoms with Crippen molar-refractivity contribution in [1.29, 1.82) is 0 Å². The van der Waals surface area contributed by atoms with E-state index in [2.05, 4.69) is 11.9 Å². The Morgan fingerprint density at radius 3 is 2.42 bits per heavy atom. The summed E-state index contributed by atoms with van der Waals surface area (Å²) in [7, 11) is 0. The van der Waals surface area contributed by atoms with E-state index in [1.807, 2.05) is 49.6 Å². The molecule has 0 radical (unpaired) electrons. The molecule has 6 nitrogen and oxygen atoms in total. The van der Waals surface area contributed by atoms with E-state index < -0.39 is 18.0 Å². The van der Waals surface area contributed by atoms with Crippen LogP contribution >= 0.6 is 0 Å². The lowest BCUT2D eigenvalue weighted by Gasteiger charge is -2.48. The highest BCUT2D eigenvalue weighted by molar-refractivity contribution is 5.92. The molecule has 1 amide bonds. The van der Waals surface area contributed by atoms with Crippen LogP contribution < -0.4 is 0 Å². The lowest BCUT2D eigenvalue weighted by Crippen LogP contribution is -2.65. The van der Waals surface area contributed by atoms with Gasteiger partial charge in [-0.05, 0) is 70.9 Å². The summed E-state index contributed by atoms with van der Waals surface area (Å²) in [6.45, 7) is 10.6. The molecule has 2 aliphatic rings. The van der Waals surface area contributed by atoms with Crippen LogP contribution in [-0.4, -0.2) is 51.7 Å². The molecule has 38 heavy (non-hydrogen) atoms. The van der Waals surface area contributed by atoms with Gasteiger partial charge in [-0.1, -0.05) is 31.2 Å². The van der Waals surface area contributed by atoms with Gasteiger partial charge < -0.3 is 14.2 Å². The number of amides is 1. The van der Waals surface area contributed by atoms with Crippen LogP contribution in [-0.2, 0) is 40.8 Å². The topological polar surface area (TPSA) is 64.4 Å². The summed E-state index contributed by atoms with van der Waals surface area (Å²) in [5.74, 6) is 1.07. The molecule has 0 spiro atoms. The van der Waals surface area contributed by atoms with Crippen molar-refractivity contribution in [2.75, 3.05) is 13.1 Å². The number of Topliss-reactive ketones (excluding diaryl/α,β-unsaturated/α-hetero) is 1. The minimum Gasteiger partial charge on any atom is -0.447 e. The fourth-order valence-electron chi connectivity index (χ4n) is 5.31. The molecule has 210 valence electrons. The SMILES string of the molecule is CC(=O)C1(c2ccccc2C)CN(C(=O)OC(C)C)C1.CCCc1nc2c(n1CCCC(F)(F)F)CCC2. The third-order valence-corrected chi connectivity index (χ3v) is 7.23. The van der Waals surface area contributed by atoms with E-state index in [-0.39, 0.29) is 24.4 Å². The van der Waals surface area contributed by atoms with Gasteiger partial charge in [-0.2, -0.15) is 13.2 Å². The molecule has 1 aromatic carbocycles. The summed E-state index contributed by atoms with van der Waals surface area (Å²) in [5, 5.41) is 0. The van der Waals surface area contributed by atoms with E-state index in [4.69, 9.17) is 4.74 Å². The fraction of sp³-hybridized carbons (Fsp3) is 0.621. The number of fused-ring (bicyclic) bond motifs is 1. The molecule has 4 rings (SSSR count). The van der Waals surface area contributed by atoms with Crippen molar-refractivity contribution in [2.24, 2.45) is 0 Å². The summed E-state index contributed by atoms with van der Waals surface area (Å²) in [5.41, 5.74) is 3.83. The number of carbonyl (C=O) groups excluding carboxylic acids is 2. The second-order valence-corrected chi connectivity index (χ2v) is 10.6. The number of hydrogen-bond donors (Lipinski definition) is 0. The van der Waals surface area contributed by atoms with Gasteiger partial charge in [-0.15, -0.1) is 0 Å². The predicted molar refractivity (Wildman–Crippen MR) is 140 cm³/mol. The van der Waals surface area contributed by atoms with E-state index in [9.17, 15) is 22.8 Å². The highest BCUT2D eigenvalue weighted by Crippen LogP contribution is 2.37. The van der Waals surface area contributed by atoms with Crippen molar-refractivity contribution >= 4 is 11.9 Å². The third kappa shape index (κ3) is 6.97. The molecule has 0 N–H and O–H groups in total. The molecule has 1 fully saturated rings. The van der Waals surface area contributed by atoms with Crippen LogP contribution in [0.1, 0.15) is 81.7 Å². The lowest BCUT2D eigenvalue weighted by atomic mass is 9.69. The molecule has 0 unspecified atom stereocenters. The number of carbonyl (C=O) groups is 2. The Balaban J connectivity index is 0.000000212. The Kier molecular flexibility index (Phi) is 9.65. The number of nitrogens with zero attached hydrogens (tertiary/aromatic N) is 3. The van der Waals surface area contributed by atoms with Gasteiger partial charge in [0.15, 0.2) is 0 Å². The number of ether oxygens (including phenoxy) is 1. The first-order valence-corrected chi connectivity index (χ1v) is 13.5. The first kappa shape index (κ1) is 29.7. The van der Waals surface area contributed by atoms with Gasteiger partial charge in [0.2, 0.25) is 0 Å². The number of imidazole rings is 1. The zero-order chi connectivity index (χ0) is 28.1. The fourth-order valence-corrected chi connectivity index (χ4v) is 5.31. The van der Waals surface area contributed by atoms with Crippen LogP contribution in [0.25, 0.3) is 0 Å². The minimum absolute atomic E-state index is 0.0976. The molecule has 1 aliphatic carbocycles. The van der Waals surface area contributed by atoms with Gasteiger partial charge in [-0.25, -0.2) is 9.78 Å². The standard InChI is InChI=1S/C16H21NO3.C13H19F3N2/c1-11(2)20-15(19)17-9-16(10-17,13(4)18)14-8-6-5-7-12(14)3;1-2-5-12-17-10-6-3-7-11(10)18(12)9-4-8-13(14,15)16/h5-8,11H,9-10H2,1-4H3;2-9H2,1H3. The van der Waals surface area contributed by atoms with E-state index in [0.717, 1.165) is 54.7 Å². The Bertz CT molecular complexity index is 1120. The Morgan fingerprint density at radius 2 is 1.84 bits per heavy atom. The van der Waals surface area contributed by atoms with Crippen LogP contribution in [0, 0.1) is 6.92 Å². The maximum atomic E-state index is 12.2. The number of likely N-dealkylation sites (tertiary alicyclic amines) is 1. The van der Waals surface area contributed by atoms with Gasteiger partial charge in [0.1, 0.15) is 11.6 Å². The molecular formula is C29H40F3N3O3. The van der Waals surface area contributed by atoms with Crippen molar-refractivity contribution in [3.8, 4) is 0 Å². The molecule has 2 heterocycles. The molecule has 0 bridgehead atoms. The first-order chi connectivity index (χ1) is 17.9. The third-order valence-electron chi connectivity index (χ3n) is 7.23. The number of benzene rings is 1. The normalized spacial score (nSPS) is 16.0. The predicted octanol–water partition coefficient (Wildman–Crippen LogP) is 6.35. The minimum atomic E-state index is -4.05. The van der Waals surface area contributed by atoms with Gasteiger partial charge in [0.05, 0.1) is 17.2 Å². The maximum Gasteiger partial charge on any atom is 0.410 e. The van der Waals surface area contributed by atoms with Crippen LogP contribution in [0.5, 0.6) is 0 Å². The van der Waals surface area contributed by atoms with E-state index >= 15 is 0 Å². The van der Waals surface area contributed by atoms with E-state index in [1.54, 1.807) is 11.8 Å². The summed E-state index contributed by atoms with van der Waals surface area (Å²) in [6, 6.07) is 7.86. The van der Waals surface area contributed by atoms with Crippen LogP contribution in [0.4, 0.5) is 18.0 Å². The van der Waals surface area contributed by atoms with Gasteiger partial charge in [0, 0.05) is 38.2 Å². The van der Waals surface area contributed by atoms with Crippen molar-refractivity contribution < 1.29 is 27.5 Å². The van der Waals surface area contributed by atoms with E-state index in [0.29, 0.717) is 19.6 Å². The maximum absolute atomic E-state index is 12.2. The zero-order valence-electron chi connectivity index (χ0n) is 23.2. The van der Waals surface area contributed by atoms with Crippen LogP contribution in [0.2, 0.25) is 0 Å². The van der Waals surface area contributed by atoms with Crippen LogP contribution in [0.3, 0.4) is 0 Å². The van der Waals surface area contributed by atoms with Crippen molar-refractivity contribution in [3.63, 3.8) is 0 Å². The molecule has 2 aromatic rings. The highest BCUT2D eigenvalue weighted by atomic mass is 19.4. The van der Waals surface area contributed by atoms with E-state index in [1.165, 1.54) is 5.69 Å². The Labute approximate surface area is 223 Å². The summed E-state index contributed by atoms with van der Waals surface area (Å²) < 4.78 is 43.8.